The highest BCUT2D eigenvalue weighted by Crippen LogP contribution is 2.09. The van der Waals surface area contributed by atoms with Crippen molar-refractivity contribution < 1.29 is 28.6 Å². The Kier molecular flexibility index (Phi) is 48.2. The van der Waals surface area contributed by atoms with E-state index >= 15 is 0 Å². The molecule has 0 heterocycles. The molecule has 0 fully saturated rings. The van der Waals surface area contributed by atoms with E-state index in [1.807, 2.05) is 12.2 Å². The molecule has 0 aliphatic carbocycles. The van der Waals surface area contributed by atoms with Gasteiger partial charge in [0.05, 0.1) is 0 Å². The van der Waals surface area contributed by atoms with Gasteiger partial charge < -0.3 is 14.2 Å². The smallest absolute Gasteiger partial charge is 0.306 e. The third-order valence-corrected chi connectivity index (χ3v) is 9.82. The molecule has 0 spiro atoms. The van der Waals surface area contributed by atoms with Gasteiger partial charge in [0.25, 0.3) is 0 Å². The highest BCUT2D eigenvalue weighted by Gasteiger charge is 2.19. The van der Waals surface area contributed by atoms with Crippen molar-refractivity contribution in [1.82, 2.24) is 0 Å². The van der Waals surface area contributed by atoms with Crippen molar-refractivity contribution in [3.8, 4) is 0 Å². The van der Waals surface area contributed by atoms with Gasteiger partial charge in [-0.3, -0.25) is 14.4 Å². The molecular formula is C59H90O6. The Morgan fingerprint density at radius 2 is 0.631 bits per heavy atom. The molecule has 0 aliphatic heterocycles. The van der Waals surface area contributed by atoms with Gasteiger partial charge in [0.15, 0.2) is 6.10 Å². The van der Waals surface area contributed by atoms with Gasteiger partial charge in [-0.15, -0.1) is 0 Å². The van der Waals surface area contributed by atoms with Crippen molar-refractivity contribution in [1.29, 1.82) is 0 Å². The second-order valence-corrected chi connectivity index (χ2v) is 16.0. The number of hydrogen-bond acceptors (Lipinski definition) is 6. The Morgan fingerprint density at radius 1 is 0.323 bits per heavy atom. The van der Waals surface area contributed by atoms with Gasteiger partial charge >= 0.3 is 17.9 Å². The minimum absolute atomic E-state index is 0.154. The van der Waals surface area contributed by atoms with Crippen LogP contribution in [0.3, 0.4) is 0 Å². The molecule has 0 amide bonds. The van der Waals surface area contributed by atoms with Crippen LogP contribution in [0.25, 0.3) is 0 Å². The summed E-state index contributed by atoms with van der Waals surface area (Å²) >= 11 is 0. The topological polar surface area (TPSA) is 78.9 Å². The van der Waals surface area contributed by atoms with Crippen molar-refractivity contribution in [2.45, 2.75) is 194 Å². The number of rotatable bonds is 43. The molecule has 65 heavy (non-hydrogen) atoms. The van der Waals surface area contributed by atoms with Gasteiger partial charge in [-0.05, 0) is 116 Å². The van der Waals surface area contributed by atoms with Gasteiger partial charge in [0, 0.05) is 19.3 Å². The molecule has 0 aromatic rings. The number of esters is 3. The lowest BCUT2D eigenvalue weighted by Crippen LogP contribution is -2.30. The van der Waals surface area contributed by atoms with Crippen LogP contribution < -0.4 is 0 Å². The quantitative estimate of drug-likeness (QED) is 0.0263. The van der Waals surface area contributed by atoms with Crippen LogP contribution in [0.5, 0.6) is 0 Å². The molecule has 6 heteroatoms. The second-order valence-electron chi connectivity index (χ2n) is 16.0. The first-order valence-corrected chi connectivity index (χ1v) is 25.3. The zero-order chi connectivity index (χ0) is 47.2. The molecule has 0 radical (unpaired) electrons. The van der Waals surface area contributed by atoms with Crippen LogP contribution in [0, 0.1) is 0 Å². The van der Waals surface area contributed by atoms with E-state index in [0.29, 0.717) is 19.3 Å². The highest BCUT2D eigenvalue weighted by atomic mass is 16.6. The Labute approximate surface area is 397 Å². The van der Waals surface area contributed by atoms with Crippen molar-refractivity contribution in [3.63, 3.8) is 0 Å². The molecule has 0 saturated heterocycles. The first kappa shape index (κ1) is 60.3. The summed E-state index contributed by atoms with van der Waals surface area (Å²) < 4.78 is 16.6. The number of carbonyl (C=O) groups excluding carboxylic acids is 3. The molecule has 0 aromatic carbocycles. The Hall–Kier alpha value is -4.71. The SMILES string of the molecule is CC/C=C\C/C=C\C/C=C\C/C=C\C/C=C\C/C=C\CCC(=O)OCC(COC(=O)CCC/C=C\C/C=C\C/C=C\CC)OC(=O)CCC/C=C\C/C=C\C/C=C\CCCCCCCC. The summed E-state index contributed by atoms with van der Waals surface area (Å²) in [6, 6.07) is 0. The van der Waals surface area contributed by atoms with Crippen LogP contribution in [0.2, 0.25) is 0 Å². The zero-order valence-electron chi connectivity index (χ0n) is 41.2. The number of carbonyl (C=O) groups is 3. The van der Waals surface area contributed by atoms with Crippen LogP contribution in [0.4, 0.5) is 0 Å². The Bertz CT molecular complexity index is 1490. The number of allylic oxidation sites excluding steroid dienone is 24. The molecule has 6 nitrogen and oxygen atoms in total. The molecule has 0 bridgehead atoms. The summed E-state index contributed by atoms with van der Waals surface area (Å²) in [5.74, 6) is -1.16. The molecule has 0 rings (SSSR count). The van der Waals surface area contributed by atoms with Gasteiger partial charge in [-0.2, -0.15) is 0 Å². The number of unbranched alkanes of at least 4 members (excludes halogenated alkanes) is 8. The first-order valence-electron chi connectivity index (χ1n) is 25.3. The lowest BCUT2D eigenvalue weighted by molar-refractivity contribution is -0.166. The second kappa shape index (κ2) is 51.9. The maximum absolute atomic E-state index is 12.8. The molecule has 1 atom stereocenters. The summed E-state index contributed by atoms with van der Waals surface area (Å²) in [5, 5.41) is 0. The van der Waals surface area contributed by atoms with Crippen molar-refractivity contribution in [2.75, 3.05) is 13.2 Å². The average molecular weight is 895 g/mol. The minimum atomic E-state index is -0.861. The van der Waals surface area contributed by atoms with Crippen molar-refractivity contribution >= 4 is 17.9 Å². The molecule has 1 unspecified atom stereocenters. The minimum Gasteiger partial charge on any atom is -0.462 e. The predicted molar refractivity (Wildman–Crippen MR) is 279 cm³/mol. The van der Waals surface area contributed by atoms with E-state index < -0.39 is 12.1 Å². The lowest BCUT2D eigenvalue weighted by Gasteiger charge is -2.18. The summed E-state index contributed by atoms with van der Waals surface area (Å²) in [6.45, 7) is 6.21. The summed E-state index contributed by atoms with van der Waals surface area (Å²) in [4.78, 5) is 37.9. The highest BCUT2D eigenvalue weighted by molar-refractivity contribution is 5.71. The molecule has 0 aromatic heterocycles. The van der Waals surface area contributed by atoms with Gasteiger partial charge in [0.1, 0.15) is 13.2 Å². The molecular weight excluding hydrogens is 805 g/mol. The van der Waals surface area contributed by atoms with Crippen LogP contribution in [-0.4, -0.2) is 37.2 Å². The summed E-state index contributed by atoms with van der Waals surface area (Å²) in [5.41, 5.74) is 0. The van der Waals surface area contributed by atoms with Crippen LogP contribution in [0.1, 0.15) is 188 Å². The predicted octanol–water partition coefficient (Wildman–Crippen LogP) is 16.9. The maximum Gasteiger partial charge on any atom is 0.306 e. The van der Waals surface area contributed by atoms with E-state index in [2.05, 4.69) is 154 Å². The summed E-state index contributed by atoms with van der Waals surface area (Å²) in [7, 11) is 0. The van der Waals surface area contributed by atoms with Crippen LogP contribution >= 0.6 is 0 Å². The van der Waals surface area contributed by atoms with Gasteiger partial charge in [-0.25, -0.2) is 0 Å². The average Bonchev–Trinajstić information content (AvgIpc) is 3.30. The fourth-order valence-corrected chi connectivity index (χ4v) is 6.09. The van der Waals surface area contributed by atoms with E-state index in [0.717, 1.165) is 83.5 Å². The monoisotopic (exact) mass is 895 g/mol. The van der Waals surface area contributed by atoms with Gasteiger partial charge in [0.2, 0.25) is 0 Å². The van der Waals surface area contributed by atoms with E-state index in [1.54, 1.807) is 0 Å². The molecule has 0 N–H and O–H groups in total. The van der Waals surface area contributed by atoms with Crippen molar-refractivity contribution in [3.05, 3.63) is 146 Å². The third-order valence-electron chi connectivity index (χ3n) is 9.82. The van der Waals surface area contributed by atoms with Crippen molar-refractivity contribution in [2.24, 2.45) is 0 Å². The van der Waals surface area contributed by atoms with Crippen LogP contribution in [0.15, 0.2) is 146 Å². The Balaban J connectivity index is 4.64. The van der Waals surface area contributed by atoms with Crippen LogP contribution in [-0.2, 0) is 28.6 Å². The maximum atomic E-state index is 12.8. The number of ether oxygens (including phenoxy) is 3. The lowest BCUT2D eigenvalue weighted by atomic mass is 10.1. The van der Waals surface area contributed by atoms with E-state index in [9.17, 15) is 14.4 Å². The molecule has 0 aliphatic rings. The van der Waals surface area contributed by atoms with E-state index in [1.165, 1.54) is 44.9 Å². The Morgan fingerprint density at radius 3 is 1.03 bits per heavy atom. The largest absolute Gasteiger partial charge is 0.462 e. The fourth-order valence-electron chi connectivity index (χ4n) is 6.09. The summed E-state index contributed by atoms with van der Waals surface area (Å²) in [6.07, 6.45) is 74.3. The van der Waals surface area contributed by atoms with E-state index in [4.69, 9.17) is 14.2 Å². The van der Waals surface area contributed by atoms with Gasteiger partial charge in [-0.1, -0.05) is 199 Å². The molecule has 0 saturated carbocycles. The standard InChI is InChI=1S/C59H90O6/c1-4-7-10-13-16-19-22-24-26-28-29-31-32-34-37-40-43-46-49-52-58(61)64-55-56(54-63-57(60)51-48-45-42-39-36-21-18-15-12-9-6-3)65-59(62)53-50-47-44-41-38-35-33-30-27-25-23-20-17-14-11-8-5-2/h7,9-10,12,16,18-19,21,24-27,29,31,33-35,37,39,41-44,46,56H,4-6,8,11,13-15,17,20,22-23,28,30,32,36,38,40,45,47-55H2,1-3H3/b10-7-,12-9-,19-16-,21-18-,26-24-,27-25-,31-29-,35-33-,37-34-,42-39-,44-41-,46-43-. The fraction of sp³-hybridized carbons (Fsp3) is 0.542. The normalized spacial score (nSPS) is 13.3. The third kappa shape index (κ3) is 50.2. The first-order chi connectivity index (χ1) is 32.0. The molecule has 362 valence electrons. The number of hydrogen-bond donors (Lipinski definition) is 0. The van der Waals surface area contributed by atoms with E-state index in [-0.39, 0.29) is 44.4 Å². The zero-order valence-corrected chi connectivity index (χ0v) is 41.2.